The van der Waals surface area contributed by atoms with E-state index in [9.17, 15) is 18.4 Å². The van der Waals surface area contributed by atoms with Crippen molar-refractivity contribution in [1.82, 2.24) is 9.88 Å². The smallest absolute Gasteiger partial charge is 0.388 e. The van der Waals surface area contributed by atoms with E-state index in [2.05, 4.69) is 15.0 Å². The van der Waals surface area contributed by atoms with Gasteiger partial charge in [0.25, 0.3) is 0 Å². The predicted octanol–water partition coefficient (Wildman–Crippen LogP) is 3.45. The van der Waals surface area contributed by atoms with Crippen molar-refractivity contribution in [3.05, 3.63) is 53.2 Å². The number of pyridine rings is 1. The number of ether oxygens (including phenoxy) is 3. The predicted molar refractivity (Wildman–Crippen MR) is 123 cm³/mol. The average molecular weight is 490 g/mol. The third kappa shape index (κ3) is 5.28. The molecule has 0 saturated carbocycles. The van der Waals surface area contributed by atoms with Gasteiger partial charge in [0.1, 0.15) is 23.8 Å². The number of esters is 1. The van der Waals surface area contributed by atoms with E-state index in [4.69, 9.17) is 9.47 Å². The van der Waals surface area contributed by atoms with Crippen LogP contribution in [0, 0.1) is 12.8 Å². The van der Waals surface area contributed by atoms with Crippen molar-refractivity contribution in [3.63, 3.8) is 0 Å². The molecule has 8 nitrogen and oxygen atoms in total. The fraction of sp³-hybridized carbons (Fsp3) is 0.480. The number of hydrogen-bond acceptors (Lipinski definition) is 7. The van der Waals surface area contributed by atoms with Crippen LogP contribution in [0.3, 0.4) is 0 Å². The molecule has 35 heavy (non-hydrogen) atoms. The molecular formula is C25H29F2N3O5. The third-order valence-corrected chi connectivity index (χ3v) is 6.33. The lowest BCUT2D eigenvalue weighted by Gasteiger charge is -2.49. The lowest BCUT2D eigenvalue weighted by Crippen LogP contribution is -2.65. The van der Waals surface area contributed by atoms with Crippen LogP contribution in [0.4, 0.5) is 14.5 Å². The number of nitrogens with zero attached hydrogens (tertiary/aromatic N) is 2. The van der Waals surface area contributed by atoms with Crippen LogP contribution in [-0.2, 0) is 24.5 Å². The Hall–Kier alpha value is -3.11. The van der Waals surface area contributed by atoms with E-state index in [1.165, 1.54) is 6.07 Å². The number of carbonyl (C=O) groups excluding carboxylic acids is 2. The number of nitrogens with one attached hydrogen (secondary N) is 1. The van der Waals surface area contributed by atoms with Gasteiger partial charge >= 0.3 is 12.6 Å². The summed E-state index contributed by atoms with van der Waals surface area (Å²) in [5.41, 5.74) is 1.43. The number of alkyl halides is 2. The van der Waals surface area contributed by atoms with Crippen molar-refractivity contribution in [2.45, 2.75) is 38.7 Å². The van der Waals surface area contributed by atoms with Gasteiger partial charge < -0.3 is 19.5 Å². The quantitative estimate of drug-likeness (QED) is 0.540. The SMILES string of the molecule is Cc1ccc(NC(=O)C2(c3ccccc3C(C)C)CN(COC(=O)C3COC3)C2)c(OC(F)F)n1. The van der Waals surface area contributed by atoms with Crippen molar-refractivity contribution in [1.29, 1.82) is 0 Å². The summed E-state index contributed by atoms with van der Waals surface area (Å²) in [6.45, 7) is 4.02. The maximum atomic E-state index is 13.7. The Bertz CT molecular complexity index is 1080. The van der Waals surface area contributed by atoms with Gasteiger partial charge in [-0.3, -0.25) is 14.5 Å². The summed E-state index contributed by atoms with van der Waals surface area (Å²) < 4.78 is 40.9. The molecule has 1 N–H and O–H groups in total. The van der Waals surface area contributed by atoms with Crippen LogP contribution in [0.15, 0.2) is 36.4 Å². The normalized spacial score (nSPS) is 17.6. The number of likely N-dealkylation sites (tertiary alicyclic amines) is 1. The molecule has 0 radical (unpaired) electrons. The first-order valence-corrected chi connectivity index (χ1v) is 11.5. The molecule has 2 fully saturated rings. The first-order valence-electron chi connectivity index (χ1n) is 11.5. The minimum atomic E-state index is -3.08. The number of halogens is 2. The number of hydrogen-bond donors (Lipinski definition) is 1. The van der Waals surface area contributed by atoms with Crippen molar-refractivity contribution >= 4 is 17.6 Å². The Labute approximate surface area is 202 Å². The molecule has 10 heteroatoms. The summed E-state index contributed by atoms with van der Waals surface area (Å²) in [5, 5.41) is 2.76. The molecular weight excluding hydrogens is 460 g/mol. The van der Waals surface area contributed by atoms with Crippen molar-refractivity contribution in [2.75, 3.05) is 38.4 Å². The van der Waals surface area contributed by atoms with Crippen LogP contribution in [0.25, 0.3) is 0 Å². The molecule has 1 aromatic heterocycles. The maximum absolute atomic E-state index is 13.7. The van der Waals surface area contributed by atoms with E-state index in [0.717, 1.165) is 11.1 Å². The molecule has 1 amide bonds. The molecule has 3 heterocycles. The zero-order valence-electron chi connectivity index (χ0n) is 19.9. The number of aryl methyl sites for hydroxylation is 1. The van der Waals surface area contributed by atoms with Crippen molar-refractivity contribution in [3.8, 4) is 5.88 Å². The number of carbonyl (C=O) groups is 2. The van der Waals surface area contributed by atoms with Crippen LogP contribution in [0.1, 0.15) is 36.6 Å². The number of rotatable bonds is 9. The highest BCUT2D eigenvalue weighted by molar-refractivity contribution is 6.01. The average Bonchev–Trinajstić information content (AvgIpc) is 2.73. The van der Waals surface area contributed by atoms with Crippen LogP contribution >= 0.6 is 0 Å². The van der Waals surface area contributed by atoms with E-state index >= 15 is 0 Å². The first-order chi connectivity index (χ1) is 16.7. The van der Waals surface area contributed by atoms with Gasteiger partial charge in [0, 0.05) is 18.8 Å². The Morgan fingerprint density at radius 1 is 1.20 bits per heavy atom. The largest absolute Gasteiger partial charge is 0.449 e. The maximum Gasteiger partial charge on any atom is 0.388 e. The summed E-state index contributed by atoms with van der Waals surface area (Å²) in [6, 6.07) is 10.8. The summed E-state index contributed by atoms with van der Waals surface area (Å²) in [7, 11) is 0. The molecule has 2 saturated heterocycles. The summed E-state index contributed by atoms with van der Waals surface area (Å²) >= 11 is 0. The van der Waals surface area contributed by atoms with Crippen LogP contribution < -0.4 is 10.1 Å². The zero-order valence-corrected chi connectivity index (χ0v) is 19.9. The molecule has 2 aliphatic rings. The molecule has 0 atom stereocenters. The van der Waals surface area contributed by atoms with E-state index in [1.807, 2.05) is 43.0 Å². The highest BCUT2D eigenvalue weighted by Crippen LogP contribution is 2.40. The number of benzene rings is 1. The molecule has 1 aromatic carbocycles. The standard InChI is InChI=1S/C25H29F2N3O5/c1-15(2)18-6-4-5-7-19(18)25(12-30(13-25)14-34-22(31)17-10-33-11-17)23(32)29-20-9-8-16(3)28-21(20)35-24(26)27/h4-9,15,17,24H,10-14H2,1-3H3,(H,29,32). The van der Waals surface area contributed by atoms with Gasteiger partial charge in [-0.2, -0.15) is 8.78 Å². The fourth-order valence-electron chi connectivity index (χ4n) is 4.37. The summed E-state index contributed by atoms with van der Waals surface area (Å²) in [5.74, 6) is -1.12. The highest BCUT2D eigenvalue weighted by atomic mass is 19.3. The highest BCUT2D eigenvalue weighted by Gasteiger charge is 2.52. The second kappa shape index (κ2) is 10.2. The van der Waals surface area contributed by atoms with E-state index in [1.54, 1.807) is 13.0 Å². The van der Waals surface area contributed by atoms with Gasteiger partial charge in [-0.1, -0.05) is 38.1 Å². The van der Waals surface area contributed by atoms with Crippen LogP contribution in [0.5, 0.6) is 5.88 Å². The van der Waals surface area contributed by atoms with Gasteiger partial charge in [0.15, 0.2) is 0 Å². The molecule has 4 rings (SSSR count). The zero-order chi connectivity index (χ0) is 25.2. The summed E-state index contributed by atoms with van der Waals surface area (Å²) in [6.07, 6.45) is 0. The Balaban J connectivity index is 1.58. The topological polar surface area (TPSA) is 90.0 Å². The molecule has 0 spiro atoms. The fourth-order valence-corrected chi connectivity index (χ4v) is 4.37. The van der Waals surface area contributed by atoms with Gasteiger partial charge in [-0.15, -0.1) is 0 Å². The first kappa shape index (κ1) is 25.0. The molecule has 0 unspecified atom stereocenters. The third-order valence-electron chi connectivity index (χ3n) is 6.33. The minimum Gasteiger partial charge on any atom is -0.449 e. The Morgan fingerprint density at radius 2 is 1.91 bits per heavy atom. The second-order valence-corrected chi connectivity index (χ2v) is 9.28. The Kier molecular flexibility index (Phi) is 7.32. The second-order valence-electron chi connectivity index (χ2n) is 9.28. The van der Waals surface area contributed by atoms with Crippen LogP contribution in [0.2, 0.25) is 0 Å². The number of aromatic nitrogens is 1. The van der Waals surface area contributed by atoms with Gasteiger partial charge in [0.05, 0.1) is 13.2 Å². The Morgan fingerprint density at radius 3 is 2.54 bits per heavy atom. The number of anilines is 1. The van der Waals surface area contributed by atoms with E-state index in [0.29, 0.717) is 32.0 Å². The van der Waals surface area contributed by atoms with E-state index in [-0.39, 0.29) is 42.0 Å². The summed E-state index contributed by atoms with van der Waals surface area (Å²) in [4.78, 5) is 31.7. The molecule has 0 bridgehead atoms. The molecule has 2 aliphatic heterocycles. The molecule has 0 aliphatic carbocycles. The van der Waals surface area contributed by atoms with Gasteiger partial charge in [-0.05, 0) is 36.1 Å². The number of amides is 1. The monoisotopic (exact) mass is 489 g/mol. The minimum absolute atomic E-state index is 0.0556. The lowest BCUT2D eigenvalue weighted by molar-refractivity contribution is -0.172. The molecule has 188 valence electrons. The molecule has 2 aromatic rings. The van der Waals surface area contributed by atoms with Gasteiger partial charge in [0.2, 0.25) is 11.8 Å². The van der Waals surface area contributed by atoms with Gasteiger partial charge in [-0.25, -0.2) is 4.98 Å². The van der Waals surface area contributed by atoms with Crippen molar-refractivity contribution < 1.29 is 32.6 Å². The van der Waals surface area contributed by atoms with Crippen molar-refractivity contribution in [2.24, 2.45) is 5.92 Å². The lowest BCUT2D eigenvalue weighted by atomic mass is 9.70. The van der Waals surface area contributed by atoms with E-state index < -0.39 is 12.0 Å². The van der Waals surface area contributed by atoms with Crippen LogP contribution in [-0.4, -0.2) is 61.4 Å².